The third kappa shape index (κ3) is 6.13. The number of hydrogen-bond donors (Lipinski definition) is 3. The average molecular weight is 392 g/mol. The van der Waals surface area contributed by atoms with E-state index in [4.69, 9.17) is 10.5 Å². The number of benzene rings is 1. The quantitative estimate of drug-likeness (QED) is 0.377. The second-order valence-corrected chi connectivity index (χ2v) is 5.29. The van der Waals surface area contributed by atoms with Gasteiger partial charge in [-0.25, -0.2) is 9.59 Å². The van der Waals surface area contributed by atoms with E-state index in [1.807, 2.05) is 0 Å². The van der Waals surface area contributed by atoms with Gasteiger partial charge in [0.1, 0.15) is 11.7 Å². The number of esters is 1. The predicted octanol–water partition coefficient (Wildman–Crippen LogP) is 1.54. The number of carbonyl (C=O) groups is 3. The highest BCUT2D eigenvalue weighted by atomic mass is 19.4. The fourth-order valence-electron chi connectivity index (χ4n) is 1.83. The highest BCUT2D eigenvalue weighted by Gasteiger charge is 2.33. The van der Waals surface area contributed by atoms with Gasteiger partial charge in [-0.1, -0.05) is 0 Å². The van der Waals surface area contributed by atoms with Crippen molar-refractivity contribution in [1.82, 2.24) is 5.32 Å². The Bertz CT molecular complexity index is 768. The molecule has 4 N–H and O–H groups in total. The number of hydrogen-bond acceptors (Lipinski definition) is 7. The Morgan fingerprint density at radius 3 is 2.33 bits per heavy atom. The molecule has 3 amide bonds. The summed E-state index contributed by atoms with van der Waals surface area (Å²) in [6, 6.07) is -0.688. The Morgan fingerprint density at radius 2 is 1.85 bits per heavy atom. The van der Waals surface area contributed by atoms with Crippen LogP contribution in [-0.4, -0.2) is 35.0 Å². The van der Waals surface area contributed by atoms with Gasteiger partial charge in [-0.15, -0.1) is 0 Å². The van der Waals surface area contributed by atoms with Gasteiger partial charge in [-0.05, 0) is 26.0 Å². The number of nitrogens with zero attached hydrogens (tertiary/aromatic N) is 1. The predicted molar refractivity (Wildman–Crippen MR) is 84.5 cm³/mol. The first-order valence-corrected chi connectivity index (χ1v) is 7.26. The number of nitrogens with one attached hydrogen (secondary N) is 2. The second kappa shape index (κ2) is 8.33. The van der Waals surface area contributed by atoms with Crippen LogP contribution in [0.5, 0.6) is 0 Å². The van der Waals surface area contributed by atoms with Gasteiger partial charge < -0.3 is 15.8 Å². The van der Waals surface area contributed by atoms with E-state index in [1.165, 1.54) is 6.92 Å². The number of urea groups is 1. The molecule has 0 spiro atoms. The first-order chi connectivity index (χ1) is 12.3. The summed E-state index contributed by atoms with van der Waals surface area (Å²) in [4.78, 5) is 43.9. The first kappa shape index (κ1) is 21.7. The van der Waals surface area contributed by atoms with Gasteiger partial charge in [0.05, 0.1) is 10.5 Å². The van der Waals surface area contributed by atoms with Crippen molar-refractivity contribution >= 4 is 29.3 Å². The second-order valence-electron chi connectivity index (χ2n) is 5.29. The molecule has 1 rings (SSSR count). The summed E-state index contributed by atoms with van der Waals surface area (Å²) in [6.07, 6.45) is -6.19. The highest BCUT2D eigenvalue weighted by Crippen LogP contribution is 2.35. The molecular formula is C14H15F3N4O6. The molecule has 0 fully saturated rings. The van der Waals surface area contributed by atoms with E-state index in [2.05, 4.69) is 5.32 Å². The lowest BCUT2D eigenvalue weighted by molar-refractivity contribution is -0.384. The molecule has 2 atom stereocenters. The van der Waals surface area contributed by atoms with Crippen LogP contribution in [0.3, 0.4) is 0 Å². The van der Waals surface area contributed by atoms with E-state index in [0.29, 0.717) is 12.1 Å². The van der Waals surface area contributed by atoms with Crippen molar-refractivity contribution in [1.29, 1.82) is 0 Å². The van der Waals surface area contributed by atoms with Gasteiger partial charge in [0.2, 0.25) is 0 Å². The highest BCUT2D eigenvalue weighted by molar-refractivity contribution is 5.96. The topological polar surface area (TPSA) is 154 Å². The van der Waals surface area contributed by atoms with Gasteiger partial charge in [-0.3, -0.25) is 20.2 Å². The first-order valence-electron chi connectivity index (χ1n) is 7.26. The van der Waals surface area contributed by atoms with Crippen molar-refractivity contribution < 1.29 is 37.2 Å². The maximum absolute atomic E-state index is 12.7. The molecule has 1 aromatic rings. The maximum atomic E-state index is 12.7. The van der Waals surface area contributed by atoms with Crippen LogP contribution in [-0.2, 0) is 20.5 Å². The molecule has 13 heteroatoms. The molecule has 10 nitrogen and oxygen atoms in total. The van der Waals surface area contributed by atoms with Crippen LogP contribution >= 0.6 is 0 Å². The van der Waals surface area contributed by atoms with Crippen molar-refractivity contribution in [2.75, 3.05) is 5.32 Å². The van der Waals surface area contributed by atoms with E-state index in [0.717, 1.165) is 13.0 Å². The van der Waals surface area contributed by atoms with E-state index in [9.17, 15) is 37.7 Å². The van der Waals surface area contributed by atoms with Crippen LogP contribution < -0.4 is 16.4 Å². The maximum Gasteiger partial charge on any atom is 0.416 e. The average Bonchev–Trinajstić information content (AvgIpc) is 2.52. The van der Waals surface area contributed by atoms with Crippen molar-refractivity contribution in [3.05, 3.63) is 33.9 Å². The lowest BCUT2D eigenvalue weighted by Gasteiger charge is -2.18. The number of rotatable bonds is 6. The van der Waals surface area contributed by atoms with Crippen LogP contribution in [0.2, 0.25) is 0 Å². The normalized spacial score (nSPS) is 13.2. The summed E-state index contributed by atoms with van der Waals surface area (Å²) in [6.45, 7) is 2.35. The minimum Gasteiger partial charge on any atom is -0.451 e. The van der Waals surface area contributed by atoms with E-state index < -0.39 is 52.4 Å². The Kier molecular flexibility index (Phi) is 6.69. The number of ether oxygens (including phenoxy) is 1. The van der Waals surface area contributed by atoms with Crippen molar-refractivity contribution in [3.8, 4) is 0 Å². The molecule has 0 aliphatic rings. The summed E-state index contributed by atoms with van der Waals surface area (Å²) >= 11 is 0. The van der Waals surface area contributed by atoms with E-state index in [-0.39, 0.29) is 5.69 Å². The smallest absolute Gasteiger partial charge is 0.416 e. The summed E-state index contributed by atoms with van der Waals surface area (Å²) in [5.74, 6) is -2.04. The SMILES string of the molecule is C[C@H](Nc1ccc(C(F)(F)F)cc1[N+](=O)[O-])C(=O)O[C@H](C)C(=O)NC(N)=O. The van der Waals surface area contributed by atoms with Gasteiger partial charge in [0.15, 0.2) is 6.10 Å². The fraction of sp³-hybridized carbons (Fsp3) is 0.357. The summed E-state index contributed by atoms with van der Waals surface area (Å²) in [5.41, 5.74) is 2.26. The molecule has 0 bridgehead atoms. The minimum atomic E-state index is -4.78. The van der Waals surface area contributed by atoms with Crippen LogP contribution in [0.15, 0.2) is 18.2 Å². The molecule has 0 heterocycles. The van der Waals surface area contributed by atoms with Crippen LogP contribution in [0, 0.1) is 10.1 Å². The Balaban J connectivity index is 2.91. The molecule has 0 aliphatic heterocycles. The third-order valence-electron chi connectivity index (χ3n) is 3.16. The van der Waals surface area contributed by atoms with Crippen LogP contribution in [0.25, 0.3) is 0 Å². The van der Waals surface area contributed by atoms with Crippen molar-refractivity contribution in [2.24, 2.45) is 5.73 Å². The van der Waals surface area contributed by atoms with E-state index >= 15 is 0 Å². The monoisotopic (exact) mass is 392 g/mol. The van der Waals surface area contributed by atoms with Crippen molar-refractivity contribution in [3.63, 3.8) is 0 Å². The fourth-order valence-corrected chi connectivity index (χ4v) is 1.83. The summed E-state index contributed by atoms with van der Waals surface area (Å²) in [7, 11) is 0. The van der Waals surface area contributed by atoms with Gasteiger partial charge in [-0.2, -0.15) is 13.2 Å². The molecule has 0 saturated carbocycles. The Labute approximate surface area is 150 Å². The van der Waals surface area contributed by atoms with Crippen LogP contribution in [0.4, 0.5) is 29.3 Å². The third-order valence-corrected chi connectivity index (χ3v) is 3.16. The zero-order valence-electron chi connectivity index (χ0n) is 14.0. The molecule has 0 saturated heterocycles. The number of alkyl halides is 3. The summed E-state index contributed by atoms with van der Waals surface area (Å²) in [5, 5.41) is 15.0. The Hall–Kier alpha value is -3.38. The largest absolute Gasteiger partial charge is 0.451 e. The van der Waals surface area contributed by atoms with E-state index in [1.54, 1.807) is 5.32 Å². The Morgan fingerprint density at radius 1 is 1.26 bits per heavy atom. The molecule has 148 valence electrons. The molecule has 0 aromatic heterocycles. The number of nitrogens with two attached hydrogens (primary N) is 1. The lowest BCUT2D eigenvalue weighted by Crippen LogP contribution is -2.43. The number of halogens is 3. The number of nitro benzene ring substituents is 1. The summed E-state index contributed by atoms with van der Waals surface area (Å²) < 4.78 is 42.8. The standard InChI is InChI=1S/C14H15F3N4O6/c1-6(12(23)27-7(2)11(22)20-13(18)24)19-9-4-3-8(14(15,16)17)5-10(9)21(25)26/h3-7,19H,1-2H3,(H3,18,20,22,24)/t6-,7+/m0/s1. The van der Waals surface area contributed by atoms with Crippen LogP contribution in [0.1, 0.15) is 19.4 Å². The van der Waals surface area contributed by atoms with Gasteiger partial charge >= 0.3 is 18.2 Å². The molecule has 0 unspecified atom stereocenters. The lowest BCUT2D eigenvalue weighted by atomic mass is 10.1. The molecule has 27 heavy (non-hydrogen) atoms. The number of nitro groups is 1. The van der Waals surface area contributed by atoms with Gasteiger partial charge in [0, 0.05) is 6.07 Å². The zero-order valence-corrected chi connectivity index (χ0v) is 14.0. The van der Waals surface area contributed by atoms with Gasteiger partial charge in [0.25, 0.3) is 11.6 Å². The number of carbonyl (C=O) groups excluding carboxylic acids is 3. The number of anilines is 1. The number of amides is 3. The molecular weight excluding hydrogens is 377 g/mol. The number of imide groups is 1. The number of primary amides is 1. The zero-order chi connectivity index (χ0) is 20.9. The minimum absolute atomic E-state index is 0.323. The van der Waals surface area contributed by atoms with Crippen molar-refractivity contribution in [2.45, 2.75) is 32.2 Å². The molecule has 1 aromatic carbocycles. The molecule has 0 radical (unpaired) electrons. The molecule has 0 aliphatic carbocycles.